The monoisotopic (exact) mass is 693 g/mol. The van der Waals surface area contributed by atoms with Crippen LogP contribution in [0, 0.1) is 17.8 Å². The molecule has 7 rings (SSSR count). The van der Waals surface area contributed by atoms with Crippen molar-refractivity contribution in [2.45, 2.75) is 75.2 Å². The Morgan fingerprint density at radius 2 is 1.69 bits per heavy atom. The molecule has 0 radical (unpaired) electrons. The quantitative estimate of drug-likeness (QED) is 0.301. The van der Waals surface area contributed by atoms with Gasteiger partial charge in [-0.2, -0.15) is 0 Å². The lowest BCUT2D eigenvalue weighted by Gasteiger charge is -2.23. The molecular formula is C34H39N5O9S. The molecule has 260 valence electrons. The van der Waals surface area contributed by atoms with Crippen molar-refractivity contribution in [3.05, 3.63) is 53.6 Å². The van der Waals surface area contributed by atoms with Gasteiger partial charge in [0.2, 0.25) is 21.8 Å². The fourth-order valence-corrected chi connectivity index (χ4v) is 8.47. The van der Waals surface area contributed by atoms with Gasteiger partial charge in [-0.1, -0.05) is 42.8 Å². The molecule has 15 heteroatoms. The Bertz CT molecular complexity index is 1830. The van der Waals surface area contributed by atoms with E-state index in [0.29, 0.717) is 50.2 Å². The highest BCUT2D eigenvalue weighted by Gasteiger charge is 2.62. The topological polar surface area (TPSA) is 191 Å². The van der Waals surface area contributed by atoms with Crippen LogP contribution in [0.2, 0.25) is 0 Å². The number of ether oxygens (including phenoxy) is 2. The Morgan fingerprint density at radius 1 is 0.959 bits per heavy atom. The van der Waals surface area contributed by atoms with Crippen LogP contribution in [0.4, 0.5) is 4.79 Å². The molecule has 0 spiro atoms. The van der Waals surface area contributed by atoms with E-state index in [4.69, 9.17) is 14.3 Å². The molecule has 14 nitrogen and oxygen atoms in total. The molecule has 4 aliphatic carbocycles. The number of nitrogens with one attached hydrogen (secondary N) is 4. The van der Waals surface area contributed by atoms with Gasteiger partial charge < -0.3 is 19.6 Å². The number of nitrogens with zero attached hydrogens (tertiary/aromatic N) is 1. The molecule has 0 aromatic heterocycles. The molecule has 0 saturated heterocycles. The molecule has 1 aliphatic heterocycles. The third kappa shape index (κ3) is 6.55. The van der Waals surface area contributed by atoms with Crippen LogP contribution in [0.5, 0.6) is 5.75 Å². The second kappa shape index (κ2) is 13.0. The number of cyclic esters (lactones) is 1. The van der Waals surface area contributed by atoms with E-state index in [9.17, 15) is 27.6 Å². The summed E-state index contributed by atoms with van der Waals surface area (Å²) in [6, 6.07) is 13.6. The Kier molecular flexibility index (Phi) is 8.71. The van der Waals surface area contributed by atoms with Crippen LogP contribution in [-0.2, 0) is 34.0 Å². The minimum absolute atomic E-state index is 0.0810. The molecule has 49 heavy (non-hydrogen) atoms. The van der Waals surface area contributed by atoms with Crippen LogP contribution in [-0.4, -0.2) is 68.1 Å². The average Bonchev–Trinajstić information content (AvgIpc) is 4.00. The normalized spacial score (nSPS) is 29.0. The lowest BCUT2D eigenvalue weighted by molar-refractivity contribution is -0.136. The number of fused-ring (bicyclic) bond motifs is 6. The minimum Gasteiger partial charge on any atom is -0.494 e. The van der Waals surface area contributed by atoms with Gasteiger partial charge >= 0.3 is 6.09 Å². The van der Waals surface area contributed by atoms with Crippen LogP contribution >= 0.6 is 0 Å². The number of benzene rings is 2. The Morgan fingerprint density at radius 3 is 2.43 bits per heavy atom. The van der Waals surface area contributed by atoms with E-state index in [1.165, 1.54) is 0 Å². The van der Waals surface area contributed by atoms with E-state index in [-0.39, 0.29) is 31.8 Å². The van der Waals surface area contributed by atoms with Gasteiger partial charge in [0, 0.05) is 11.1 Å². The molecule has 4 bridgehead atoms. The van der Waals surface area contributed by atoms with Crippen molar-refractivity contribution >= 4 is 39.5 Å². The smallest absolute Gasteiger partial charge is 0.426 e. The first-order chi connectivity index (χ1) is 23.6. The highest BCUT2D eigenvalue weighted by molar-refractivity contribution is 7.91. The van der Waals surface area contributed by atoms with Crippen LogP contribution < -0.4 is 25.6 Å². The summed E-state index contributed by atoms with van der Waals surface area (Å²) < 4.78 is 38.5. The van der Waals surface area contributed by atoms with E-state index in [0.717, 1.165) is 22.3 Å². The molecule has 1 unspecified atom stereocenters. The minimum atomic E-state index is -3.84. The number of rotatable bonds is 6. The first-order valence-electron chi connectivity index (χ1n) is 16.8. The summed E-state index contributed by atoms with van der Waals surface area (Å²) in [6.45, 7) is 2.37. The predicted octanol–water partition coefficient (Wildman–Crippen LogP) is 2.65. The SMILES string of the molecule is CC[C@H]1C[C@@]1(NC(=O)C1C[C@@H]2C[C@H]1C(=O)NNC(=O)OCCCCOc1ccc3c(c1)/C(=N\O2)c1ccccc1-3)C(=O)NS(=O)(=O)C1CC1. The molecule has 3 fully saturated rings. The number of carbonyl (C=O) groups is 4. The van der Waals surface area contributed by atoms with Crippen molar-refractivity contribution in [1.29, 1.82) is 0 Å². The van der Waals surface area contributed by atoms with Crippen LogP contribution in [0.25, 0.3) is 11.1 Å². The van der Waals surface area contributed by atoms with Crippen LogP contribution in [0.15, 0.2) is 47.6 Å². The maximum absolute atomic E-state index is 13.9. The highest BCUT2D eigenvalue weighted by Crippen LogP contribution is 2.48. The summed E-state index contributed by atoms with van der Waals surface area (Å²) >= 11 is 0. The second-order valence-corrected chi connectivity index (χ2v) is 15.3. The summed E-state index contributed by atoms with van der Waals surface area (Å²) in [4.78, 5) is 59.1. The van der Waals surface area contributed by atoms with E-state index < -0.39 is 62.6 Å². The fraction of sp³-hybridized carbons (Fsp3) is 0.500. The fourth-order valence-electron chi connectivity index (χ4n) is 7.10. The molecular weight excluding hydrogens is 654 g/mol. The van der Waals surface area contributed by atoms with Crippen LogP contribution in [0.1, 0.15) is 69.4 Å². The number of hydrogen-bond donors (Lipinski definition) is 4. The molecule has 5 atom stereocenters. The van der Waals surface area contributed by atoms with Gasteiger partial charge in [-0.15, -0.1) is 0 Å². The summed E-state index contributed by atoms with van der Waals surface area (Å²) in [5.41, 5.74) is 7.45. The van der Waals surface area contributed by atoms with Crippen molar-refractivity contribution in [2.24, 2.45) is 22.9 Å². The number of carbonyl (C=O) groups excluding carboxylic acids is 4. The van der Waals surface area contributed by atoms with Crippen molar-refractivity contribution in [1.82, 2.24) is 20.9 Å². The lowest BCUT2D eigenvalue weighted by Crippen LogP contribution is -2.55. The summed E-state index contributed by atoms with van der Waals surface area (Å²) in [7, 11) is -3.84. The van der Waals surface area contributed by atoms with Crippen molar-refractivity contribution in [3.63, 3.8) is 0 Å². The standard InChI is InChI=1S/C34H39N5O9S/c1-2-19-18-34(19,32(42)39-49(44,45)22-10-11-22)35-30(40)27-16-21-17-28(27)31(41)36-37-33(43)47-14-6-5-13-46-20-9-12-24-23-7-3-4-8-25(23)29(38-48-21)26(24)15-20/h3-4,7-9,12,15,19,21-22,27-28H,2,5-6,10-11,13-14,16-18H2,1H3,(H,35,40)(H,36,41)(H,37,43)(H,39,42)/b38-29-/t19-,21+,27?,28+,34-/m0/s1. The zero-order chi connectivity index (χ0) is 34.3. The van der Waals surface area contributed by atoms with Gasteiger partial charge in [0.05, 0.1) is 30.3 Å². The number of amides is 4. The highest BCUT2D eigenvalue weighted by atomic mass is 32.2. The molecule has 2 aromatic carbocycles. The summed E-state index contributed by atoms with van der Waals surface area (Å²) in [5.74, 6) is -3.55. The maximum atomic E-state index is 13.9. The summed E-state index contributed by atoms with van der Waals surface area (Å²) in [6.07, 6.45) is 1.56. The van der Waals surface area contributed by atoms with Gasteiger partial charge in [0.25, 0.3) is 5.91 Å². The van der Waals surface area contributed by atoms with Crippen molar-refractivity contribution < 1.29 is 41.9 Å². The number of sulfonamides is 1. The lowest BCUT2D eigenvalue weighted by atomic mass is 9.93. The van der Waals surface area contributed by atoms with Gasteiger partial charge in [-0.3, -0.25) is 24.5 Å². The maximum Gasteiger partial charge on any atom is 0.426 e. The third-order valence-corrected chi connectivity index (χ3v) is 11.9. The number of oxime groups is 1. The van der Waals surface area contributed by atoms with Crippen LogP contribution in [0.3, 0.4) is 0 Å². The second-order valence-electron chi connectivity index (χ2n) is 13.4. The van der Waals surface area contributed by atoms with E-state index in [2.05, 4.69) is 26.0 Å². The van der Waals surface area contributed by atoms with Gasteiger partial charge in [0.15, 0.2) is 0 Å². The average molecular weight is 694 g/mol. The molecule has 3 saturated carbocycles. The van der Waals surface area contributed by atoms with Gasteiger partial charge in [-0.05, 0) is 80.2 Å². The first-order valence-corrected chi connectivity index (χ1v) is 18.4. The van der Waals surface area contributed by atoms with E-state index >= 15 is 0 Å². The zero-order valence-electron chi connectivity index (χ0n) is 27.0. The number of hydrogen-bond acceptors (Lipinski definition) is 10. The molecule has 2 aromatic rings. The Labute approximate surface area is 283 Å². The number of hydrazine groups is 1. The predicted molar refractivity (Wildman–Crippen MR) is 175 cm³/mol. The van der Waals surface area contributed by atoms with Gasteiger partial charge in [0.1, 0.15) is 23.1 Å². The Hall–Kier alpha value is -4.66. The van der Waals surface area contributed by atoms with E-state index in [1.807, 2.05) is 49.4 Å². The largest absolute Gasteiger partial charge is 0.494 e. The summed E-state index contributed by atoms with van der Waals surface area (Å²) in [5, 5.41) is 6.79. The molecule has 5 aliphatic rings. The van der Waals surface area contributed by atoms with Crippen molar-refractivity contribution in [2.75, 3.05) is 13.2 Å². The third-order valence-electron chi connectivity index (χ3n) is 10.1. The Balaban J connectivity index is 1.15. The van der Waals surface area contributed by atoms with E-state index in [1.54, 1.807) is 0 Å². The molecule has 4 N–H and O–H groups in total. The molecule has 1 heterocycles. The molecule has 4 amide bonds. The first kappa shape index (κ1) is 32.9. The zero-order valence-corrected chi connectivity index (χ0v) is 27.8. The van der Waals surface area contributed by atoms with Crippen molar-refractivity contribution in [3.8, 4) is 16.9 Å². The van der Waals surface area contributed by atoms with Gasteiger partial charge in [-0.25, -0.2) is 18.6 Å².